The summed E-state index contributed by atoms with van der Waals surface area (Å²) in [6, 6.07) is 5.18. The summed E-state index contributed by atoms with van der Waals surface area (Å²) in [5.41, 5.74) is 5.79. The fourth-order valence-electron chi connectivity index (χ4n) is 3.11. The molecule has 0 radical (unpaired) electrons. The van der Waals surface area contributed by atoms with Crippen molar-refractivity contribution >= 4 is 5.69 Å². The average molecular weight is 363 g/mol. The molecule has 0 aromatic heterocycles. The van der Waals surface area contributed by atoms with E-state index in [1.165, 1.54) is 12.1 Å². The van der Waals surface area contributed by atoms with Gasteiger partial charge in [0.05, 0.1) is 23.2 Å². The Kier molecular flexibility index (Phi) is 4.59. The van der Waals surface area contributed by atoms with Crippen molar-refractivity contribution < 1.29 is 13.2 Å². The Bertz CT molecular complexity index is 789. The normalized spacial score (nSPS) is 21.8. The van der Waals surface area contributed by atoms with Gasteiger partial charge >= 0.3 is 6.18 Å². The van der Waals surface area contributed by atoms with Crippen LogP contribution in [0.5, 0.6) is 0 Å². The summed E-state index contributed by atoms with van der Waals surface area (Å²) in [6.45, 7) is 4.16. The van der Waals surface area contributed by atoms with Gasteiger partial charge in [0.15, 0.2) is 0 Å². The Hall–Kier alpha value is -2.66. The van der Waals surface area contributed by atoms with Gasteiger partial charge in [-0.25, -0.2) is 0 Å². The average Bonchev–Trinajstić information content (AvgIpc) is 3.10. The smallest absolute Gasteiger partial charge is 0.378 e. The van der Waals surface area contributed by atoms with Crippen molar-refractivity contribution in [1.29, 1.82) is 5.26 Å². The molecule has 0 spiro atoms. The van der Waals surface area contributed by atoms with Crippen LogP contribution in [0, 0.1) is 16.7 Å². The summed E-state index contributed by atoms with van der Waals surface area (Å²) >= 11 is 0. The second-order valence-corrected chi connectivity index (χ2v) is 7.08. The largest absolute Gasteiger partial charge is 0.417 e. The first kappa shape index (κ1) is 18.1. The third kappa shape index (κ3) is 3.63. The summed E-state index contributed by atoms with van der Waals surface area (Å²) < 4.78 is 39.6. The van der Waals surface area contributed by atoms with Gasteiger partial charge in [0.25, 0.3) is 0 Å². The number of halogens is 3. The lowest BCUT2D eigenvalue weighted by Gasteiger charge is -2.39. The topological polar surface area (TPSA) is 63.1 Å². The van der Waals surface area contributed by atoms with E-state index in [1.54, 1.807) is 12.3 Å². The maximum Gasteiger partial charge on any atom is 0.417 e. The maximum atomic E-state index is 13.2. The molecule has 1 atom stereocenters. The second kappa shape index (κ2) is 6.57. The quantitative estimate of drug-likeness (QED) is 0.761. The number of nitrogens with one attached hydrogen (secondary N) is 3. The van der Waals surface area contributed by atoms with E-state index in [0.717, 1.165) is 24.6 Å². The third-order valence-corrected chi connectivity index (χ3v) is 4.80. The van der Waals surface area contributed by atoms with Crippen molar-refractivity contribution in [2.75, 3.05) is 5.32 Å². The van der Waals surface area contributed by atoms with Gasteiger partial charge in [-0.15, -0.1) is 5.53 Å². The molecule has 1 heterocycles. The van der Waals surface area contributed by atoms with Crippen molar-refractivity contribution in [1.82, 2.24) is 16.0 Å². The van der Waals surface area contributed by atoms with Crippen molar-refractivity contribution in [2.45, 2.75) is 38.9 Å². The predicted molar refractivity (Wildman–Crippen MR) is 91.9 cm³/mol. The van der Waals surface area contributed by atoms with Crippen LogP contribution in [0.3, 0.4) is 0 Å². The molecule has 0 fully saturated rings. The Morgan fingerprint density at radius 2 is 2.12 bits per heavy atom. The zero-order valence-corrected chi connectivity index (χ0v) is 14.5. The molecule has 0 bridgehead atoms. The van der Waals surface area contributed by atoms with Crippen LogP contribution in [-0.4, -0.2) is 11.1 Å². The number of nitriles is 1. The molecule has 138 valence electrons. The number of anilines is 1. The molecule has 0 amide bonds. The molecular weight excluding hydrogens is 343 g/mol. The van der Waals surface area contributed by atoms with E-state index in [0.29, 0.717) is 5.69 Å². The number of alkyl halides is 3. The fraction of sp³-hybridized carbons (Fsp3) is 0.389. The molecule has 1 aliphatic heterocycles. The maximum absolute atomic E-state index is 13.2. The van der Waals surface area contributed by atoms with Gasteiger partial charge in [0.1, 0.15) is 0 Å². The van der Waals surface area contributed by atoms with Crippen LogP contribution in [0.15, 0.2) is 42.4 Å². The molecule has 3 rings (SSSR count). The van der Waals surface area contributed by atoms with Crippen molar-refractivity contribution in [2.24, 2.45) is 5.41 Å². The standard InChI is InChI=1S/C18H20F3N5/c1-17(2)6-5-14(26-8-7-23-25-26)10-16(17)24-13-4-3-12(11-22)15(9-13)18(19,20)21/h3-4,7-10,16,23-25H,5-6H2,1-2H3. The summed E-state index contributed by atoms with van der Waals surface area (Å²) in [6.07, 6.45) is 2.81. The van der Waals surface area contributed by atoms with Gasteiger partial charge in [-0.1, -0.05) is 13.8 Å². The Morgan fingerprint density at radius 3 is 2.73 bits per heavy atom. The first-order valence-electron chi connectivity index (χ1n) is 8.26. The van der Waals surface area contributed by atoms with E-state index in [1.807, 2.05) is 17.3 Å². The Balaban J connectivity index is 1.89. The lowest BCUT2D eigenvalue weighted by atomic mass is 9.75. The molecule has 5 nitrogen and oxygen atoms in total. The highest BCUT2D eigenvalue weighted by Crippen LogP contribution is 2.39. The number of nitrogens with zero attached hydrogens (tertiary/aromatic N) is 2. The van der Waals surface area contributed by atoms with E-state index in [9.17, 15) is 13.2 Å². The van der Waals surface area contributed by atoms with Crippen molar-refractivity contribution in [3.8, 4) is 6.07 Å². The van der Waals surface area contributed by atoms with Crippen LogP contribution < -0.4 is 16.3 Å². The van der Waals surface area contributed by atoms with Gasteiger partial charge in [-0.3, -0.25) is 5.01 Å². The number of hydrazine groups is 2. The van der Waals surface area contributed by atoms with E-state index in [4.69, 9.17) is 5.26 Å². The van der Waals surface area contributed by atoms with E-state index in [2.05, 4.69) is 30.1 Å². The molecule has 1 unspecified atom stereocenters. The van der Waals surface area contributed by atoms with Crippen molar-refractivity contribution in [3.05, 3.63) is 53.5 Å². The molecular formula is C18H20F3N5. The number of allylic oxidation sites excluding steroid dienone is 1. The Morgan fingerprint density at radius 1 is 1.35 bits per heavy atom. The molecule has 2 aliphatic rings. The molecule has 1 aromatic carbocycles. The molecule has 0 saturated carbocycles. The van der Waals surface area contributed by atoms with Gasteiger partial charge in [0, 0.05) is 23.8 Å². The van der Waals surface area contributed by atoms with Crippen LogP contribution in [-0.2, 0) is 6.18 Å². The number of rotatable bonds is 3. The molecule has 8 heteroatoms. The summed E-state index contributed by atoms with van der Waals surface area (Å²) in [7, 11) is 0. The minimum Gasteiger partial charge on any atom is -0.378 e. The van der Waals surface area contributed by atoms with Crippen molar-refractivity contribution in [3.63, 3.8) is 0 Å². The number of hydrogen-bond donors (Lipinski definition) is 3. The molecule has 1 aliphatic carbocycles. The van der Waals surface area contributed by atoms with Crippen LogP contribution in [0.2, 0.25) is 0 Å². The monoisotopic (exact) mass is 363 g/mol. The molecule has 3 N–H and O–H groups in total. The molecule has 0 saturated heterocycles. The highest BCUT2D eigenvalue weighted by molar-refractivity contribution is 5.54. The SMILES string of the molecule is CC1(C)CCC(N2C=CNN2)=CC1Nc1ccc(C#N)c(C(F)(F)F)c1. The summed E-state index contributed by atoms with van der Waals surface area (Å²) in [5.74, 6) is 0. The van der Waals surface area contributed by atoms with Gasteiger partial charge in [-0.2, -0.15) is 18.4 Å². The minimum atomic E-state index is -4.57. The van der Waals surface area contributed by atoms with Crippen LogP contribution in [0.1, 0.15) is 37.8 Å². The number of benzene rings is 1. The highest BCUT2D eigenvalue weighted by Gasteiger charge is 2.36. The predicted octanol–water partition coefficient (Wildman–Crippen LogP) is 3.86. The molecule has 26 heavy (non-hydrogen) atoms. The minimum absolute atomic E-state index is 0.132. The third-order valence-electron chi connectivity index (χ3n) is 4.80. The van der Waals surface area contributed by atoms with Crippen LogP contribution in [0.4, 0.5) is 18.9 Å². The van der Waals surface area contributed by atoms with Gasteiger partial charge in [0.2, 0.25) is 0 Å². The zero-order valence-electron chi connectivity index (χ0n) is 14.5. The molecule has 1 aromatic rings. The summed E-state index contributed by atoms with van der Waals surface area (Å²) in [5, 5.41) is 14.0. The van der Waals surface area contributed by atoms with Crippen LogP contribution in [0.25, 0.3) is 0 Å². The highest BCUT2D eigenvalue weighted by atomic mass is 19.4. The van der Waals surface area contributed by atoms with Gasteiger partial charge in [-0.05, 0) is 42.5 Å². The Labute approximate surface area is 150 Å². The fourth-order valence-corrected chi connectivity index (χ4v) is 3.11. The van der Waals surface area contributed by atoms with Gasteiger partial charge < -0.3 is 10.7 Å². The first-order chi connectivity index (χ1) is 12.2. The second-order valence-electron chi connectivity index (χ2n) is 7.08. The summed E-state index contributed by atoms with van der Waals surface area (Å²) in [4.78, 5) is 0. The lowest BCUT2D eigenvalue weighted by Crippen LogP contribution is -2.42. The number of hydrogen-bond acceptors (Lipinski definition) is 5. The van der Waals surface area contributed by atoms with E-state index >= 15 is 0 Å². The van der Waals surface area contributed by atoms with Crippen LogP contribution >= 0.6 is 0 Å². The van der Waals surface area contributed by atoms with E-state index in [-0.39, 0.29) is 17.0 Å². The van der Waals surface area contributed by atoms with E-state index < -0.39 is 11.7 Å². The zero-order chi connectivity index (χ0) is 18.9. The lowest BCUT2D eigenvalue weighted by molar-refractivity contribution is -0.137. The first-order valence-corrected chi connectivity index (χ1v) is 8.26.